The van der Waals surface area contributed by atoms with Crippen LogP contribution in [0.2, 0.25) is 5.02 Å². The van der Waals surface area contributed by atoms with Gasteiger partial charge in [0.2, 0.25) is 0 Å². The van der Waals surface area contributed by atoms with E-state index in [1.54, 1.807) is 18.3 Å². The van der Waals surface area contributed by atoms with Crippen molar-refractivity contribution in [3.8, 4) is 0 Å². The molecule has 0 amide bonds. The number of benzene rings is 1. The lowest BCUT2D eigenvalue weighted by atomic mass is 10.1. The number of fused-ring (bicyclic) bond motifs is 3. The number of aromatic amines is 1. The molecule has 3 N–H and O–H groups in total. The van der Waals surface area contributed by atoms with E-state index in [0.29, 0.717) is 32.5 Å². The van der Waals surface area contributed by atoms with E-state index in [0.717, 1.165) is 0 Å². The molecule has 0 bridgehead atoms. The van der Waals surface area contributed by atoms with Gasteiger partial charge in [-0.2, -0.15) is 0 Å². The van der Waals surface area contributed by atoms with Crippen LogP contribution in [0.5, 0.6) is 0 Å². The van der Waals surface area contributed by atoms with Gasteiger partial charge in [-0.05, 0) is 12.1 Å². The number of hydrogen-bond donors (Lipinski definition) is 2. The zero-order valence-electron chi connectivity index (χ0n) is 8.09. The number of halogens is 2. The molecule has 1 aromatic carbocycles. The number of rotatable bonds is 0. The van der Waals surface area contributed by atoms with Crippen molar-refractivity contribution in [2.75, 3.05) is 5.73 Å². The van der Waals surface area contributed by atoms with Crippen molar-refractivity contribution in [2.45, 2.75) is 0 Å². The summed E-state index contributed by atoms with van der Waals surface area (Å²) in [4.78, 5) is 6.81. The van der Waals surface area contributed by atoms with Crippen LogP contribution < -0.4 is 5.73 Å². The summed E-state index contributed by atoms with van der Waals surface area (Å²) in [6.07, 6.45) is 2.73. The maximum absolute atomic E-state index is 13.6. The average molecular weight is 236 g/mol. The van der Waals surface area contributed by atoms with Crippen LogP contribution in [0.1, 0.15) is 0 Å². The number of H-pyrrole nitrogens is 1. The number of aromatic nitrogens is 2. The van der Waals surface area contributed by atoms with Crippen LogP contribution in [0, 0.1) is 5.82 Å². The highest BCUT2D eigenvalue weighted by atomic mass is 35.5. The Balaban J connectivity index is 2.63. The zero-order chi connectivity index (χ0) is 11.3. The minimum atomic E-state index is -0.384. The summed E-state index contributed by atoms with van der Waals surface area (Å²) >= 11 is 5.90. The molecule has 3 rings (SSSR count). The number of nitrogens with two attached hydrogens (primary N) is 1. The summed E-state index contributed by atoms with van der Waals surface area (Å²) in [5.41, 5.74) is 7.61. The van der Waals surface area contributed by atoms with Gasteiger partial charge in [-0.15, -0.1) is 0 Å². The molecule has 3 nitrogen and oxygen atoms in total. The fourth-order valence-corrected chi connectivity index (χ4v) is 2.13. The van der Waals surface area contributed by atoms with Gasteiger partial charge in [0.25, 0.3) is 0 Å². The van der Waals surface area contributed by atoms with Gasteiger partial charge in [0.1, 0.15) is 0 Å². The van der Waals surface area contributed by atoms with Gasteiger partial charge < -0.3 is 10.7 Å². The summed E-state index contributed by atoms with van der Waals surface area (Å²) < 4.78 is 13.6. The normalized spacial score (nSPS) is 11.4. The van der Waals surface area contributed by atoms with Gasteiger partial charge in [-0.25, -0.2) is 4.39 Å². The van der Waals surface area contributed by atoms with Crippen molar-refractivity contribution in [1.29, 1.82) is 0 Å². The lowest BCUT2D eigenvalue weighted by molar-refractivity contribution is 0.635. The Hall–Kier alpha value is -1.81. The topological polar surface area (TPSA) is 54.7 Å². The molecule has 0 fully saturated rings. The number of anilines is 1. The first-order valence-corrected chi connectivity index (χ1v) is 5.04. The predicted molar refractivity (Wildman–Crippen MR) is 63.0 cm³/mol. The van der Waals surface area contributed by atoms with Crippen molar-refractivity contribution in [1.82, 2.24) is 9.97 Å². The Morgan fingerprint density at radius 2 is 2.12 bits per heavy atom. The third kappa shape index (κ3) is 1.17. The van der Waals surface area contributed by atoms with Crippen LogP contribution in [-0.4, -0.2) is 9.97 Å². The van der Waals surface area contributed by atoms with Gasteiger partial charge in [0, 0.05) is 15.8 Å². The molecule has 0 atom stereocenters. The second-order valence-electron chi connectivity index (χ2n) is 3.59. The number of nitrogens with zero attached hydrogens (tertiary/aromatic N) is 1. The molecule has 0 aliphatic heterocycles. The molecule has 0 aliphatic rings. The lowest BCUT2D eigenvalue weighted by Crippen LogP contribution is -1.85. The molecule has 3 aromatic rings. The molecule has 0 saturated carbocycles. The van der Waals surface area contributed by atoms with Gasteiger partial charge in [-0.3, -0.25) is 4.98 Å². The van der Waals surface area contributed by atoms with Gasteiger partial charge in [0.05, 0.1) is 29.1 Å². The Kier molecular flexibility index (Phi) is 1.82. The molecular weight excluding hydrogens is 229 g/mol. The Bertz CT molecular complexity index is 705. The number of pyridine rings is 1. The number of nitrogens with one attached hydrogen (secondary N) is 1. The molecule has 0 saturated heterocycles. The van der Waals surface area contributed by atoms with Crippen LogP contribution in [0.3, 0.4) is 0 Å². The second-order valence-corrected chi connectivity index (χ2v) is 4.02. The van der Waals surface area contributed by atoms with Crippen LogP contribution >= 0.6 is 11.6 Å². The molecule has 2 aromatic heterocycles. The van der Waals surface area contributed by atoms with Crippen molar-refractivity contribution >= 4 is 39.1 Å². The maximum atomic E-state index is 13.6. The summed E-state index contributed by atoms with van der Waals surface area (Å²) in [7, 11) is 0. The minimum Gasteiger partial charge on any atom is -0.397 e. The third-order valence-electron chi connectivity index (χ3n) is 2.56. The maximum Gasteiger partial charge on any atom is 0.151 e. The quantitative estimate of drug-likeness (QED) is 0.589. The van der Waals surface area contributed by atoms with Crippen LogP contribution in [-0.2, 0) is 0 Å². The van der Waals surface area contributed by atoms with E-state index in [-0.39, 0.29) is 5.82 Å². The smallest absolute Gasteiger partial charge is 0.151 e. The summed E-state index contributed by atoms with van der Waals surface area (Å²) in [5, 5.41) is 1.64. The second kappa shape index (κ2) is 3.09. The molecule has 80 valence electrons. The van der Waals surface area contributed by atoms with Crippen molar-refractivity contribution < 1.29 is 4.39 Å². The average Bonchev–Trinajstić information content (AvgIpc) is 2.58. The molecule has 0 radical (unpaired) electrons. The molecule has 0 unspecified atom stereocenters. The van der Waals surface area contributed by atoms with Gasteiger partial charge >= 0.3 is 0 Å². The fourth-order valence-electron chi connectivity index (χ4n) is 1.90. The standard InChI is InChI=1S/C11H7ClFN3/c12-5-1-6-10-7(13)3-15-4-9(10)16-11(6)8(14)2-5/h1-4,16H,14H2. The highest BCUT2D eigenvalue weighted by molar-refractivity contribution is 6.32. The van der Waals surface area contributed by atoms with E-state index in [1.807, 2.05) is 0 Å². The third-order valence-corrected chi connectivity index (χ3v) is 2.78. The molecule has 2 heterocycles. The summed E-state index contributed by atoms with van der Waals surface area (Å²) in [6.45, 7) is 0. The number of hydrogen-bond acceptors (Lipinski definition) is 2. The first kappa shape index (κ1) is 9.42. The molecule has 5 heteroatoms. The highest BCUT2D eigenvalue weighted by Crippen LogP contribution is 2.32. The first-order chi connectivity index (χ1) is 7.66. The zero-order valence-corrected chi connectivity index (χ0v) is 8.85. The SMILES string of the molecule is Nc1cc(Cl)cc2c1[nH]c1cncc(F)c12. The number of nitrogen functional groups attached to an aromatic ring is 1. The largest absolute Gasteiger partial charge is 0.397 e. The molecule has 0 aliphatic carbocycles. The predicted octanol–water partition coefficient (Wildman–Crippen LogP) is 3.09. The van der Waals surface area contributed by atoms with Crippen LogP contribution in [0.15, 0.2) is 24.5 Å². The van der Waals surface area contributed by atoms with E-state index in [2.05, 4.69) is 9.97 Å². The van der Waals surface area contributed by atoms with Gasteiger partial charge in [0.15, 0.2) is 5.82 Å². The van der Waals surface area contributed by atoms with Gasteiger partial charge in [-0.1, -0.05) is 11.6 Å². The Morgan fingerprint density at radius 3 is 2.94 bits per heavy atom. The minimum absolute atomic E-state index is 0.384. The fraction of sp³-hybridized carbons (Fsp3) is 0. The van der Waals surface area contributed by atoms with E-state index in [4.69, 9.17) is 17.3 Å². The summed E-state index contributed by atoms with van der Waals surface area (Å²) in [6, 6.07) is 3.32. The summed E-state index contributed by atoms with van der Waals surface area (Å²) in [5.74, 6) is -0.384. The first-order valence-electron chi connectivity index (χ1n) is 4.67. The van der Waals surface area contributed by atoms with Crippen molar-refractivity contribution in [2.24, 2.45) is 0 Å². The van der Waals surface area contributed by atoms with E-state index in [9.17, 15) is 4.39 Å². The van der Waals surface area contributed by atoms with E-state index >= 15 is 0 Å². The lowest BCUT2D eigenvalue weighted by Gasteiger charge is -1.97. The van der Waals surface area contributed by atoms with Crippen molar-refractivity contribution in [3.05, 3.63) is 35.4 Å². The monoisotopic (exact) mass is 235 g/mol. The van der Waals surface area contributed by atoms with E-state index in [1.165, 1.54) is 6.20 Å². The Morgan fingerprint density at radius 1 is 1.31 bits per heavy atom. The Labute approximate surface area is 95.0 Å². The van der Waals surface area contributed by atoms with E-state index < -0.39 is 0 Å². The molecule has 0 spiro atoms. The molecule has 16 heavy (non-hydrogen) atoms. The van der Waals surface area contributed by atoms with Crippen molar-refractivity contribution in [3.63, 3.8) is 0 Å². The molecular formula is C11H7ClFN3. The van der Waals surface area contributed by atoms with Crippen LogP contribution in [0.4, 0.5) is 10.1 Å². The highest BCUT2D eigenvalue weighted by Gasteiger charge is 2.11. The van der Waals surface area contributed by atoms with Crippen LogP contribution in [0.25, 0.3) is 21.8 Å².